The fourth-order valence-corrected chi connectivity index (χ4v) is 2.92. The zero-order valence-electron chi connectivity index (χ0n) is 13.5. The molecular weight excluding hydrogens is 236 g/mol. The van der Waals surface area contributed by atoms with Crippen LogP contribution in [0, 0.1) is 5.41 Å². The molecule has 0 aromatic carbocycles. The maximum absolute atomic E-state index is 5.01. The molecule has 0 bridgehead atoms. The Morgan fingerprint density at radius 1 is 1.16 bits per heavy atom. The summed E-state index contributed by atoms with van der Waals surface area (Å²) in [6.07, 6.45) is 8.12. The van der Waals surface area contributed by atoms with Gasteiger partial charge >= 0.3 is 0 Å². The van der Waals surface area contributed by atoms with Gasteiger partial charge in [-0.1, -0.05) is 13.8 Å². The molecule has 1 aliphatic carbocycles. The second-order valence-electron chi connectivity index (χ2n) is 6.83. The van der Waals surface area contributed by atoms with Gasteiger partial charge in [-0.15, -0.1) is 0 Å². The summed E-state index contributed by atoms with van der Waals surface area (Å²) in [4.78, 5) is 2.59. The minimum absolute atomic E-state index is 0.586. The van der Waals surface area contributed by atoms with Crippen molar-refractivity contribution < 1.29 is 4.74 Å². The van der Waals surface area contributed by atoms with E-state index in [4.69, 9.17) is 4.74 Å². The third kappa shape index (κ3) is 7.28. The number of hydrogen-bond acceptors (Lipinski definition) is 3. The van der Waals surface area contributed by atoms with Crippen LogP contribution in [0.25, 0.3) is 0 Å². The maximum Gasteiger partial charge on any atom is 0.0587 e. The van der Waals surface area contributed by atoms with Gasteiger partial charge in [0.25, 0.3) is 0 Å². The minimum atomic E-state index is 0.586. The van der Waals surface area contributed by atoms with Crippen LogP contribution in [0.5, 0.6) is 0 Å². The number of unbranched alkanes of at least 4 members (excludes halogenated alkanes) is 1. The van der Waals surface area contributed by atoms with E-state index in [-0.39, 0.29) is 0 Å². The molecule has 1 rings (SSSR count). The van der Waals surface area contributed by atoms with Gasteiger partial charge in [0.2, 0.25) is 0 Å². The first-order valence-electron chi connectivity index (χ1n) is 7.95. The van der Waals surface area contributed by atoms with Crippen molar-refractivity contribution in [1.82, 2.24) is 10.2 Å². The molecule has 0 radical (unpaired) electrons. The fraction of sp³-hybridized carbons (Fsp3) is 1.00. The van der Waals surface area contributed by atoms with Crippen LogP contribution in [0.3, 0.4) is 0 Å². The summed E-state index contributed by atoms with van der Waals surface area (Å²) < 4.78 is 5.01. The van der Waals surface area contributed by atoms with Gasteiger partial charge in [0.15, 0.2) is 0 Å². The number of hydrogen-bond donors (Lipinski definition) is 1. The molecule has 114 valence electrons. The molecule has 0 saturated heterocycles. The fourth-order valence-electron chi connectivity index (χ4n) is 2.92. The second kappa shape index (κ2) is 8.93. The number of nitrogens with zero attached hydrogens (tertiary/aromatic N) is 1. The molecular formula is C16H34N2O. The Balaban J connectivity index is 2.00. The van der Waals surface area contributed by atoms with Gasteiger partial charge in [-0.25, -0.2) is 0 Å². The van der Waals surface area contributed by atoms with Crippen LogP contribution in [-0.4, -0.2) is 51.3 Å². The highest BCUT2D eigenvalue weighted by atomic mass is 16.5. The van der Waals surface area contributed by atoms with Crippen molar-refractivity contribution in [3.63, 3.8) is 0 Å². The van der Waals surface area contributed by atoms with Gasteiger partial charge < -0.3 is 15.0 Å². The molecule has 1 N–H and O–H groups in total. The van der Waals surface area contributed by atoms with Gasteiger partial charge in [0.1, 0.15) is 0 Å². The lowest BCUT2D eigenvalue weighted by Gasteiger charge is -2.38. The van der Waals surface area contributed by atoms with E-state index < -0.39 is 0 Å². The SMILES string of the molecule is COCCNCCCCN(C)C1CCC(C)(C)CC1. The lowest BCUT2D eigenvalue weighted by atomic mass is 9.75. The molecule has 1 aliphatic rings. The maximum atomic E-state index is 5.01. The van der Waals surface area contributed by atoms with E-state index in [2.05, 4.69) is 31.1 Å². The van der Waals surface area contributed by atoms with E-state index in [9.17, 15) is 0 Å². The normalized spacial score (nSPS) is 20.1. The molecule has 1 saturated carbocycles. The van der Waals surface area contributed by atoms with E-state index in [1.165, 1.54) is 45.1 Å². The molecule has 19 heavy (non-hydrogen) atoms. The molecule has 1 fully saturated rings. The molecule has 0 aromatic heterocycles. The summed E-state index contributed by atoms with van der Waals surface area (Å²) in [6.45, 7) is 8.98. The van der Waals surface area contributed by atoms with Gasteiger partial charge in [-0.3, -0.25) is 0 Å². The van der Waals surface area contributed by atoms with Crippen molar-refractivity contribution in [2.75, 3.05) is 40.4 Å². The Kier molecular flexibility index (Phi) is 7.96. The number of rotatable bonds is 9. The van der Waals surface area contributed by atoms with Gasteiger partial charge in [0.05, 0.1) is 6.61 Å². The molecule has 0 unspecified atom stereocenters. The Morgan fingerprint density at radius 3 is 2.47 bits per heavy atom. The molecule has 0 amide bonds. The highest BCUT2D eigenvalue weighted by Crippen LogP contribution is 2.36. The summed E-state index contributed by atoms with van der Waals surface area (Å²) in [5.74, 6) is 0. The van der Waals surface area contributed by atoms with Crippen LogP contribution in [0.4, 0.5) is 0 Å². The van der Waals surface area contributed by atoms with Gasteiger partial charge in [0, 0.05) is 19.7 Å². The third-order valence-electron chi connectivity index (χ3n) is 4.53. The first kappa shape index (κ1) is 16.9. The van der Waals surface area contributed by atoms with Crippen LogP contribution in [-0.2, 0) is 4.74 Å². The van der Waals surface area contributed by atoms with Gasteiger partial charge in [-0.2, -0.15) is 0 Å². The van der Waals surface area contributed by atoms with Crippen molar-refractivity contribution in [1.29, 1.82) is 0 Å². The molecule has 3 heteroatoms. The van der Waals surface area contributed by atoms with E-state index in [0.717, 1.165) is 25.7 Å². The van der Waals surface area contributed by atoms with E-state index >= 15 is 0 Å². The van der Waals surface area contributed by atoms with Crippen LogP contribution >= 0.6 is 0 Å². The molecule has 0 heterocycles. The molecule has 0 spiro atoms. The van der Waals surface area contributed by atoms with E-state index in [1.54, 1.807) is 7.11 Å². The largest absolute Gasteiger partial charge is 0.383 e. The second-order valence-corrected chi connectivity index (χ2v) is 6.83. The van der Waals surface area contributed by atoms with Crippen LogP contribution < -0.4 is 5.32 Å². The summed E-state index contributed by atoms with van der Waals surface area (Å²) in [6, 6.07) is 0.828. The Labute approximate surface area is 120 Å². The molecule has 0 atom stereocenters. The van der Waals surface area contributed by atoms with E-state index in [1.807, 2.05) is 0 Å². The number of ether oxygens (including phenoxy) is 1. The molecule has 0 aromatic rings. The molecule has 3 nitrogen and oxygen atoms in total. The number of methoxy groups -OCH3 is 1. The van der Waals surface area contributed by atoms with Crippen molar-refractivity contribution in [3.05, 3.63) is 0 Å². The monoisotopic (exact) mass is 270 g/mol. The summed E-state index contributed by atoms with van der Waals surface area (Å²) in [5.41, 5.74) is 0.586. The smallest absolute Gasteiger partial charge is 0.0587 e. The average Bonchev–Trinajstić information content (AvgIpc) is 2.37. The number of nitrogens with one attached hydrogen (secondary N) is 1. The summed E-state index contributed by atoms with van der Waals surface area (Å²) in [7, 11) is 4.06. The predicted octanol–water partition coefficient (Wildman–Crippen LogP) is 2.90. The highest BCUT2D eigenvalue weighted by Gasteiger charge is 2.28. The quantitative estimate of drug-likeness (QED) is 0.652. The zero-order chi connectivity index (χ0) is 14.1. The lowest BCUT2D eigenvalue weighted by Crippen LogP contribution is -2.37. The third-order valence-corrected chi connectivity index (χ3v) is 4.53. The van der Waals surface area contributed by atoms with Crippen molar-refractivity contribution in [2.24, 2.45) is 5.41 Å². The van der Waals surface area contributed by atoms with Gasteiger partial charge in [-0.05, 0) is 64.1 Å². The summed E-state index contributed by atoms with van der Waals surface area (Å²) in [5, 5.41) is 3.41. The van der Waals surface area contributed by atoms with Crippen LogP contribution in [0.15, 0.2) is 0 Å². The Morgan fingerprint density at radius 2 is 1.84 bits per heavy atom. The van der Waals surface area contributed by atoms with E-state index in [0.29, 0.717) is 5.41 Å². The lowest BCUT2D eigenvalue weighted by molar-refractivity contribution is 0.126. The predicted molar refractivity (Wildman–Crippen MR) is 82.6 cm³/mol. The Bertz CT molecular complexity index is 221. The first-order chi connectivity index (χ1) is 9.05. The minimum Gasteiger partial charge on any atom is -0.383 e. The zero-order valence-corrected chi connectivity index (χ0v) is 13.5. The van der Waals surface area contributed by atoms with Crippen molar-refractivity contribution >= 4 is 0 Å². The van der Waals surface area contributed by atoms with Crippen LogP contribution in [0.1, 0.15) is 52.4 Å². The highest BCUT2D eigenvalue weighted by molar-refractivity contribution is 4.82. The van der Waals surface area contributed by atoms with Crippen LogP contribution in [0.2, 0.25) is 0 Å². The summed E-state index contributed by atoms with van der Waals surface area (Å²) >= 11 is 0. The standard InChI is InChI=1S/C16H34N2O/c1-16(2)9-7-15(8-10-16)18(3)13-6-5-11-17-12-14-19-4/h15,17H,5-14H2,1-4H3. The first-order valence-corrected chi connectivity index (χ1v) is 7.95. The topological polar surface area (TPSA) is 24.5 Å². The molecule has 0 aliphatic heterocycles. The average molecular weight is 270 g/mol. The van der Waals surface area contributed by atoms with Crippen molar-refractivity contribution in [3.8, 4) is 0 Å². The Hall–Kier alpha value is -0.120. The van der Waals surface area contributed by atoms with Crippen molar-refractivity contribution in [2.45, 2.75) is 58.4 Å².